The lowest BCUT2D eigenvalue weighted by atomic mass is 9.72. The number of nitrogens with one attached hydrogen (secondary N) is 2. The molecule has 1 spiro atoms. The number of aliphatic hydroxyl groups is 2. The summed E-state index contributed by atoms with van der Waals surface area (Å²) in [6, 6.07) is 0. The van der Waals surface area contributed by atoms with Crippen LogP contribution in [0.1, 0.15) is 100 Å². The summed E-state index contributed by atoms with van der Waals surface area (Å²) < 4.78 is 12.4. The fourth-order valence-corrected chi connectivity index (χ4v) is 8.40. The van der Waals surface area contributed by atoms with Crippen LogP contribution in [-0.4, -0.2) is 87.2 Å². The minimum atomic E-state index is -1.81. The number of fused-ring (bicyclic) bond motifs is 13. The Balaban J connectivity index is 1.49. The number of nitrogens with zero attached hydrogens (tertiary/aromatic N) is 2. The third-order valence-electron chi connectivity index (χ3n) is 12.9. The van der Waals surface area contributed by atoms with E-state index >= 15 is 0 Å². The van der Waals surface area contributed by atoms with E-state index in [9.17, 15) is 29.7 Å². The predicted molar refractivity (Wildman–Crippen MR) is 205 cm³/mol. The molecule has 1 aromatic carbocycles. The van der Waals surface area contributed by atoms with Crippen LogP contribution in [0.2, 0.25) is 0 Å². The van der Waals surface area contributed by atoms with Gasteiger partial charge in [-0.05, 0) is 50.6 Å². The number of hydrogen-bond donors (Lipinski definition) is 5. The van der Waals surface area contributed by atoms with Gasteiger partial charge in [-0.25, -0.2) is 0 Å². The molecule has 1 aliphatic carbocycles. The summed E-state index contributed by atoms with van der Waals surface area (Å²) in [7, 11) is 2.02. The molecule has 1 aromatic rings. The average Bonchev–Trinajstić information content (AvgIpc) is 3.64. The number of carbonyl (C=O) groups is 3. The van der Waals surface area contributed by atoms with Gasteiger partial charge in [-0.3, -0.25) is 19.4 Å². The molecule has 54 heavy (non-hydrogen) atoms. The Hall–Kier alpha value is -4.26. The van der Waals surface area contributed by atoms with Crippen molar-refractivity contribution in [1.82, 2.24) is 15.5 Å². The monoisotopic (exact) mass is 744 g/mol. The molecule has 0 aromatic heterocycles. The molecule has 292 valence electrons. The number of piperidine rings is 1. The molecule has 1 saturated heterocycles. The van der Waals surface area contributed by atoms with Crippen molar-refractivity contribution in [2.75, 3.05) is 20.1 Å². The summed E-state index contributed by atoms with van der Waals surface area (Å²) in [4.78, 5) is 50.1. The second-order valence-electron chi connectivity index (χ2n) is 16.6. The van der Waals surface area contributed by atoms with Gasteiger partial charge in [0.2, 0.25) is 5.78 Å². The lowest BCUT2D eigenvalue weighted by molar-refractivity contribution is -0.116. The number of allylic oxidation sites excluding steroid dienone is 5. The van der Waals surface area contributed by atoms with Gasteiger partial charge in [0, 0.05) is 61.4 Å². The van der Waals surface area contributed by atoms with E-state index < -0.39 is 47.0 Å². The highest BCUT2D eigenvalue weighted by Crippen LogP contribution is 2.50. The summed E-state index contributed by atoms with van der Waals surface area (Å²) in [5.74, 6) is -4.62. The second-order valence-corrected chi connectivity index (χ2v) is 16.6. The zero-order chi connectivity index (χ0) is 39.6. The minimum absolute atomic E-state index is 0.0260. The fraction of sp³-hybridized carbons (Fsp3) is 0.571. The van der Waals surface area contributed by atoms with Crippen molar-refractivity contribution < 1.29 is 39.2 Å². The van der Waals surface area contributed by atoms with Gasteiger partial charge >= 0.3 is 5.79 Å². The van der Waals surface area contributed by atoms with Gasteiger partial charge in [-0.2, -0.15) is 0 Å². The number of likely N-dealkylation sites (tertiary alicyclic amines) is 1. The molecule has 12 heteroatoms. The van der Waals surface area contributed by atoms with Crippen molar-refractivity contribution in [1.29, 1.82) is 0 Å². The highest BCUT2D eigenvalue weighted by Gasteiger charge is 2.54. The van der Waals surface area contributed by atoms with Crippen LogP contribution in [0.4, 0.5) is 0 Å². The number of rotatable bonds is 0. The molecule has 9 atom stereocenters. The Morgan fingerprint density at radius 2 is 1.52 bits per heavy atom. The Labute approximate surface area is 318 Å². The predicted octanol–water partition coefficient (Wildman–Crippen LogP) is 4.92. The number of hydrogen-bond acceptors (Lipinski definition) is 11. The van der Waals surface area contributed by atoms with Gasteiger partial charge in [0.1, 0.15) is 22.9 Å². The van der Waals surface area contributed by atoms with Crippen molar-refractivity contribution >= 4 is 23.2 Å². The largest absolute Gasteiger partial charge is 0.507 e. The molecule has 7 rings (SSSR count). The first kappa shape index (κ1) is 39.4. The molecular weight excluding hydrogens is 688 g/mol. The molecule has 0 saturated carbocycles. The third kappa shape index (κ3) is 6.60. The number of ether oxygens (including phenoxy) is 2. The van der Waals surface area contributed by atoms with Crippen molar-refractivity contribution in [2.45, 2.75) is 98.8 Å². The van der Waals surface area contributed by atoms with Crippen LogP contribution >= 0.6 is 0 Å². The summed E-state index contributed by atoms with van der Waals surface area (Å²) in [5, 5.41) is 40.6. The van der Waals surface area contributed by atoms with E-state index in [1.807, 2.05) is 40.8 Å². The third-order valence-corrected chi connectivity index (χ3v) is 12.9. The first-order valence-corrected chi connectivity index (χ1v) is 19.2. The zero-order valence-corrected chi connectivity index (χ0v) is 33.1. The fourth-order valence-electron chi connectivity index (χ4n) is 8.40. The molecule has 5 aliphatic heterocycles. The van der Waals surface area contributed by atoms with Crippen LogP contribution in [0.15, 0.2) is 52.5 Å². The number of carbonyl (C=O) groups excluding carboxylic acids is 3. The maximum atomic E-state index is 14.5. The van der Waals surface area contributed by atoms with Crippen LogP contribution in [0, 0.1) is 42.4 Å². The summed E-state index contributed by atoms with van der Waals surface area (Å²) in [6.45, 7) is 18.1. The maximum absolute atomic E-state index is 14.5. The summed E-state index contributed by atoms with van der Waals surface area (Å²) in [6.07, 6.45) is 7.98. The molecule has 5 heterocycles. The van der Waals surface area contributed by atoms with Crippen molar-refractivity contribution in [2.24, 2.45) is 40.5 Å². The van der Waals surface area contributed by atoms with Gasteiger partial charge in [0.25, 0.3) is 11.7 Å². The smallest absolute Gasteiger partial charge is 0.312 e. The zero-order valence-electron chi connectivity index (χ0n) is 33.1. The number of benzene rings is 1. The van der Waals surface area contributed by atoms with E-state index in [1.54, 1.807) is 32.1 Å². The van der Waals surface area contributed by atoms with Gasteiger partial charge in [0.15, 0.2) is 0 Å². The molecule has 0 radical (unpaired) electrons. The number of ketones is 2. The van der Waals surface area contributed by atoms with Gasteiger partial charge in [-0.1, -0.05) is 59.8 Å². The summed E-state index contributed by atoms with van der Waals surface area (Å²) in [5.41, 5.74) is 0.312. The van der Waals surface area contributed by atoms with E-state index in [4.69, 9.17) is 14.5 Å². The minimum Gasteiger partial charge on any atom is -0.507 e. The van der Waals surface area contributed by atoms with E-state index in [1.165, 1.54) is 13.2 Å². The number of aromatic hydroxyl groups is 1. The second kappa shape index (κ2) is 14.4. The van der Waals surface area contributed by atoms with Crippen LogP contribution in [-0.2, 0) is 9.53 Å². The normalized spacial score (nSPS) is 36.7. The van der Waals surface area contributed by atoms with Gasteiger partial charge in [0.05, 0.1) is 41.0 Å². The molecule has 0 unspecified atom stereocenters. The van der Waals surface area contributed by atoms with Crippen LogP contribution in [0.25, 0.3) is 0 Å². The molecule has 5 bridgehead atoms. The van der Waals surface area contributed by atoms with E-state index in [2.05, 4.69) is 29.4 Å². The molecule has 6 aliphatic rings. The van der Waals surface area contributed by atoms with Crippen molar-refractivity contribution in [3.05, 3.63) is 69.8 Å². The number of phenolic OH excluding ortho intramolecular Hbond substituents is 1. The maximum Gasteiger partial charge on any atom is 0.312 e. The first-order chi connectivity index (χ1) is 25.3. The van der Waals surface area contributed by atoms with Gasteiger partial charge in [-0.15, -0.1) is 0 Å². The standard InChI is InChI=1S/C42H56N4O8/c1-20-14-19-53-41(9)39(51)30-28-29(36(49)27(8)38(30)54-41)37(50)33(32-31(28)44-42(45-32)15-17-46(10)18-16-42)43-40(52)22(3)13-11-12-21(2)34(47)26(7)35(48)25(6)24(5)23(20)4/h11-14,19-21,23-26,34-35,45,47-49H,15-18H2,1-10H3,(H,43,52)/b12-11+,19-14+,22-13-/t20-,21-,23+,24+,25-,26+,34-,35-,41-/m0/s1. The Morgan fingerprint density at radius 3 is 2.19 bits per heavy atom. The van der Waals surface area contributed by atoms with Crippen molar-refractivity contribution in [3.8, 4) is 11.5 Å². The number of amides is 1. The van der Waals surface area contributed by atoms with Crippen LogP contribution in [0.5, 0.6) is 11.5 Å². The Morgan fingerprint density at radius 1 is 0.852 bits per heavy atom. The SMILES string of the molecule is C/C1=C/C=C/[C@H](C)[C@H](O)[C@@H](C)[C@@H](O)[C@@H](C)[C@H](C)[C@H](C)[C@@H](C)/C=C/O[C@@]2(C)Oc3c(C)c(O)c4c(c3C2=O)C2=NC3(CCN(C)CC3)NC2=C(NC1=O)C4=O. The van der Waals surface area contributed by atoms with E-state index in [0.717, 1.165) is 13.1 Å². The molecule has 5 N–H and O–H groups in total. The average molecular weight is 745 g/mol. The number of aliphatic imine (C=N–C) groups is 1. The lowest BCUT2D eigenvalue weighted by Gasteiger charge is -2.36. The quantitative estimate of drug-likeness (QED) is 0.246. The highest BCUT2D eigenvalue weighted by atomic mass is 16.7. The highest BCUT2D eigenvalue weighted by molar-refractivity contribution is 6.34. The number of phenols is 1. The van der Waals surface area contributed by atoms with Gasteiger partial charge < -0.3 is 40.3 Å². The van der Waals surface area contributed by atoms with Crippen LogP contribution < -0.4 is 15.4 Å². The van der Waals surface area contributed by atoms with E-state index in [0.29, 0.717) is 18.6 Å². The summed E-state index contributed by atoms with van der Waals surface area (Å²) >= 11 is 0. The molecule has 1 fully saturated rings. The van der Waals surface area contributed by atoms with Crippen LogP contribution in [0.3, 0.4) is 0 Å². The number of Topliss-reactive ketones (excluding diaryl/α,β-unsaturated/α-hetero) is 2. The number of aliphatic hydroxyl groups excluding tert-OH is 2. The molecule has 1 amide bonds. The first-order valence-electron chi connectivity index (χ1n) is 19.2. The topological polar surface area (TPSA) is 170 Å². The lowest BCUT2D eigenvalue weighted by Crippen LogP contribution is -2.49. The van der Waals surface area contributed by atoms with E-state index in [-0.39, 0.29) is 80.3 Å². The Bertz CT molecular complexity index is 1900. The molecular formula is C42H56N4O8. The Kier molecular flexibility index (Phi) is 10.5. The molecule has 12 nitrogen and oxygen atoms in total. The van der Waals surface area contributed by atoms with Crippen molar-refractivity contribution in [3.63, 3.8) is 0 Å².